The Bertz CT molecular complexity index is 1040. The van der Waals surface area contributed by atoms with Gasteiger partial charge in [-0.2, -0.15) is 0 Å². The molecule has 2 aromatic rings. The van der Waals surface area contributed by atoms with Gasteiger partial charge in [-0.25, -0.2) is 17.9 Å². The highest BCUT2D eigenvalue weighted by molar-refractivity contribution is 7.89. The minimum absolute atomic E-state index is 0.190. The number of urea groups is 1. The van der Waals surface area contributed by atoms with Crippen LogP contribution in [-0.2, 0) is 10.0 Å². The summed E-state index contributed by atoms with van der Waals surface area (Å²) in [7, 11) is -3.54. The van der Waals surface area contributed by atoms with E-state index in [-0.39, 0.29) is 10.9 Å². The number of nitrogens with one attached hydrogen (secondary N) is 3. The molecule has 0 spiro atoms. The summed E-state index contributed by atoms with van der Waals surface area (Å²) in [4.78, 5) is 18.9. The van der Waals surface area contributed by atoms with Gasteiger partial charge < -0.3 is 15.5 Å². The zero-order valence-electron chi connectivity index (χ0n) is 19.1. The molecular weight excluding hydrogens is 462 g/mol. The molecule has 1 aromatic carbocycles. The van der Waals surface area contributed by atoms with Gasteiger partial charge in [0.2, 0.25) is 10.0 Å². The Kier molecular flexibility index (Phi) is 9.08. The van der Waals surface area contributed by atoms with Crippen LogP contribution >= 0.6 is 11.6 Å². The van der Waals surface area contributed by atoms with Gasteiger partial charge in [0, 0.05) is 41.7 Å². The molecule has 0 saturated carbocycles. The van der Waals surface area contributed by atoms with Gasteiger partial charge in [0.15, 0.2) is 0 Å². The Morgan fingerprint density at radius 1 is 1.12 bits per heavy atom. The lowest BCUT2D eigenvalue weighted by atomic mass is 9.94. The van der Waals surface area contributed by atoms with Crippen molar-refractivity contribution < 1.29 is 13.2 Å². The van der Waals surface area contributed by atoms with Crippen LogP contribution in [0.25, 0.3) is 0 Å². The van der Waals surface area contributed by atoms with Gasteiger partial charge in [0.05, 0.1) is 4.90 Å². The van der Waals surface area contributed by atoms with Crippen LogP contribution in [0.1, 0.15) is 30.7 Å². The molecule has 3 N–H and O–H groups in total. The first-order valence-electron chi connectivity index (χ1n) is 11.2. The molecule has 2 amide bonds. The summed E-state index contributed by atoms with van der Waals surface area (Å²) in [6.45, 7) is 7.45. The van der Waals surface area contributed by atoms with Crippen molar-refractivity contribution in [2.24, 2.45) is 5.92 Å². The second-order valence-electron chi connectivity index (χ2n) is 8.45. The number of halogens is 1. The molecule has 0 bridgehead atoms. The molecule has 1 fully saturated rings. The summed E-state index contributed by atoms with van der Waals surface area (Å²) in [6.07, 6.45) is 2.83. The summed E-state index contributed by atoms with van der Waals surface area (Å²) in [6, 6.07) is 9.74. The van der Waals surface area contributed by atoms with Crippen LogP contribution in [0.5, 0.6) is 0 Å². The molecule has 1 saturated heterocycles. The number of anilines is 1. The number of sulfonamides is 1. The maximum atomic E-state index is 12.4. The first kappa shape index (κ1) is 25.4. The molecule has 1 aromatic heterocycles. The van der Waals surface area contributed by atoms with Crippen molar-refractivity contribution in [3.8, 4) is 0 Å². The van der Waals surface area contributed by atoms with Gasteiger partial charge in [-0.05, 0) is 82.4 Å². The number of pyridine rings is 1. The molecule has 180 valence electrons. The molecular formula is C23H32ClN5O3S. The summed E-state index contributed by atoms with van der Waals surface area (Å²) >= 11 is 5.90. The standard InChI is InChI=1S/C23H32ClN5O3S/c1-17-14-21(15-18(2)27-17)28-23(30)25-10-13-29-11-7-19(8-12-29)6-9-26-33(31,32)22-5-3-4-20(24)16-22/h3-5,14-16,19,26H,6-13H2,1-2H3,(H2,25,27,28,30). The average molecular weight is 494 g/mol. The van der Waals surface area contributed by atoms with Gasteiger partial charge in [0.25, 0.3) is 0 Å². The SMILES string of the molecule is Cc1cc(NC(=O)NCCN2CCC(CCNS(=O)(=O)c3cccc(Cl)c3)CC2)cc(C)n1. The van der Waals surface area contributed by atoms with Crippen LogP contribution in [-0.4, -0.2) is 57.1 Å². The third kappa shape index (κ3) is 8.26. The first-order chi connectivity index (χ1) is 15.7. The van der Waals surface area contributed by atoms with Crippen LogP contribution in [0, 0.1) is 19.8 Å². The molecule has 33 heavy (non-hydrogen) atoms. The monoisotopic (exact) mass is 493 g/mol. The van der Waals surface area contributed by atoms with Crippen molar-refractivity contribution in [2.75, 3.05) is 38.0 Å². The average Bonchev–Trinajstić information content (AvgIpc) is 2.74. The van der Waals surface area contributed by atoms with E-state index >= 15 is 0 Å². The minimum atomic E-state index is -3.54. The van der Waals surface area contributed by atoms with E-state index in [1.54, 1.807) is 18.2 Å². The van der Waals surface area contributed by atoms with Crippen LogP contribution in [0.2, 0.25) is 5.02 Å². The minimum Gasteiger partial charge on any atom is -0.337 e. The molecule has 1 aliphatic heterocycles. The zero-order valence-corrected chi connectivity index (χ0v) is 20.7. The number of rotatable bonds is 9. The third-order valence-electron chi connectivity index (χ3n) is 5.71. The summed E-state index contributed by atoms with van der Waals surface area (Å²) in [5.74, 6) is 0.484. The number of amides is 2. The van der Waals surface area contributed by atoms with Crippen LogP contribution in [0.15, 0.2) is 41.3 Å². The third-order valence-corrected chi connectivity index (χ3v) is 7.40. The van der Waals surface area contributed by atoms with Crippen molar-refractivity contribution in [1.82, 2.24) is 19.9 Å². The lowest BCUT2D eigenvalue weighted by Crippen LogP contribution is -2.41. The predicted octanol–water partition coefficient (Wildman–Crippen LogP) is 3.55. The van der Waals surface area contributed by atoms with Crippen molar-refractivity contribution in [2.45, 2.75) is 38.0 Å². The van der Waals surface area contributed by atoms with Gasteiger partial charge in [-0.15, -0.1) is 0 Å². The maximum Gasteiger partial charge on any atom is 0.319 e. The van der Waals surface area contributed by atoms with E-state index in [1.165, 1.54) is 6.07 Å². The highest BCUT2D eigenvalue weighted by Crippen LogP contribution is 2.20. The Balaban J connectivity index is 1.31. The highest BCUT2D eigenvalue weighted by Gasteiger charge is 2.20. The Hall–Kier alpha value is -2.20. The van der Waals surface area contributed by atoms with E-state index in [9.17, 15) is 13.2 Å². The fourth-order valence-corrected chi connectivity index (χ4v) is 5.37. The normalized spacial score (nSPS) is 15.4. The lowest BCUT2D eigenvalue weighted by Gasteiger charge is -2.32. The van der Waals surface area contributed by atoms with Crippen molar-refractivity contribution in [3.63, 3.8) is 0 Å². The van der Waals surface area contributed by atoms with Crippen molar-refractivity contribution in [1.29, 1.82) is 0 Å². The molecule has 0 unspecified atom stereocenters. The van der Waals surface area contributed by atoms with Crippen molar-refractivity contribution in [3.05, 3.63) is 52.8 Å². The van der Waals surface area contributed by atoms with Gasteiger partial charge >= 0.3 is 6.03 Å². The molecule has 1 aliphatic rings. The van der Waals surface area contributed by atoms with E-state index in [0.717, 1.165) is 56.0 Å². The maximum absolute atomic E-state index is 12.4. The zero-order chi connectivity index (χ0) is 23.8. The molecule has 8 nitrogen and oxygen atoms in total. The second-order valence-corrected chi connectivity index (χ2v) is 10.7. The topological polar surface area (TPSA) is 103 Å². The van der Waals surface area contributed by atoms with Crippen LogP contribution in [0.3, 0.4) is 0 Å². The largest absolute Gasteiger partial charge is 0.337 e. The summed E-state index contributed by atoms with van der Waals surface area (Å²) < 4.78 is 27.4. The van der Waals surface area contributed by atoms with E-state index < -0.39 is 10.0 Å². The Morgan fingerprint density at radius 3 is 2.48 bits per heavy atom. The van der Waals surface area contributed by atoms with Gasteiger partial charge in [0.1, 0.15) is 0 Å². The van der Waals surface area contributed by atoms with E-state index in [4.69, 9.17) is 11.6 Å². The molecule has 0 aliphatic carbocycles. The number of aryl methyl sites for hydroxylation is 2. The number of carbonyl (C=O) groups excluding carboxylic acids is 1. The Morgan fingerprint density at radius 2 is 1.82 bits per heavy atom. The smallest absolute Gasteiger partial charge is 0.319 e. The molecule has 10 heteroatoms. The predicted molar refractivity (Wildman–Crippen MR) is 131 cm³/mol. The van der Waals surface area contributed by atoms with E-state index in [0.29, 0.717) is 24.0 Å². The fraction of sp³-hybridized carbons (Fsp3) is 0.478. The van der Waals surface area contributed by atoms with Gasteiger partial charge in [-0.1, -0.05) is 17.7 Å². The van der Waals surface area contributed by atoms with Crippen LogP contribution < -0.4 is 15.4 Å². The number of aromatic nitrogens is 1. The summed E-state index contributed by atoms with van der Waals surface area (Å²) in [5, 5.41) is 6.15. The lowest BCUT2D eigenvalue weighted by molar-refractivity contribution is 0.180. The summed E-state index contributed by atoms with van der Waals surface area (Å²) in [5.41, 5.74) is 2.47. The molecule has 0 atom stereocenters. The number of likely N-dealkylation sites (tertiary alicyclic amines) is 1. The molecule has 3 rings (SSSR count). The number of hydrogen-bond donors (Lipinski definition) is 3. The van der Waals surface area contributed by atoms with Crippen LogP contribution in [0.4, 0.5) is 10.5 Å². The molecule has 2 heterocycles. The molecule has 0 radical (unpaired) electrons. The van der Waals surface area contributed by atoms with Crippen molar-refractivity contribution >= 4 is 33.3 Å². The number of nitrogens with zero attached hydrogens (tertiary/aromatic N) is 2. The van der Waals surface area contributed by atoms with E-state index in [2.05, 4.69) is 25.2 Å². The Labute approximate surface area is 201 Å². The number of piperidine rings is 1. The number of benzene rings is 1. The highest BCUT2D eigenvalue weighted by atomic mass is 35.5. The first-order valence-corrected chi connectivity index (χ1v) is 13.0. The second kappa shape index (κ2) is 11.8. The fourth-order valence-electron chi connectivity index (χ4n) is 4.02. The van der Waals surface area contributed by atoms with Gasteiger partial charge in [-0.3, -0.25) is 4.98 Å². The van der Waals surface area contributed by atoms with E-state index in [1.807, 2.05) is 26.0 Å². The number of hydrogen-bond acceptors (Lipinski definition) is 5. The quantitative estimate of drug-likeness (QED) is 0.495. The number of carbonyl (C=O) groups is 1.